The first kappa shape index (κ1) is 23.1. The molecule has 7 heteroatoms. The molecule has 184 valence electrons. The van der Waals surface area contributed by atoms with E-state index in [1.54, 1.807) is 14.2 Å². The number of benzene rings is 3. The lowest BCUT2D eigenvalue weighted by atomic mass is 10.0. The molecule has 3 heterocycles. The molecule has 2 aromatic heterocycles. The summed E-state index contributed by atoms with van der Waals surface area (Å²) in [5, 5.41) is 6.54. The number of anilines is 1. The molecule has 0 unspecified atom stereocenters. The lowest BCUT2D eigenvalue weighted by Gasteiger charge is -2.30. The van der Waals surface area contributed by atoms with Crippen LogP contribution in [0.25, 0.3) is 16.5 Å². The molecule has 0 radical (unpaired) electrons. The van der Waals surface area contributed by atoms with Gasteiger partial charge in [0.1, 0.15) is 17.5 Å². The van der Waals surface area contributed by atoms with Crippen LogP contribution < -0.4 is 19.7 Å². The van der Waals surface area contributed by atoms with Crippen molar-refractivity contribution < 1.29 is 9.47 Å². The molecular formula is C30H26N4O2S. The zero-order valence-corrected chi connectivity index (χ0v) is 21.4. The maximum Gasteiger partial charge on any atom is 0.174 e. The monoisotopic (exact) mass is 506 g/mol. The van der Waals surface area contributed by atoms with E-state index in [2.05, 4.69) is 80.6 Å². The average molecular weight is 507 g/mol. The molecule has 2 atom stereocenters. The van der Waals surface area contributed by atoms with Gasteiger partial charge in [0.05, 0.1) is 31.6 Å². The number of fused-ring (bicyclic) bond motifs is 1. The SMILES string of the molecule is COc1ccc(N2C(=S)N[C@H](c3ccccn3)[C@@H]2c2cccn2-c2ccc3ccccc3c2)c(OC)c1. The van der Waals surface area contributed by atoms with E-state index in [0.29, 0.717) is 10.9 Å². The normalized spacial score (nSPS) is 17.1. The third-order valence-electron chi connectivity index (χ3n) is 6.84. The molecule has 1 saturated heterocycles. The van der Waals surface area contributed by atoms with Crippen LogP contribution in [0.2, 0.25) is 0 Å². The van der Waals surface area contributed by atoms with Gasteiger partial charge in [0.2, 0.25) is 0 Å². The van der Waals surface area contributed by atoms with E-state index >= 15 is 0 Å². The van der Waals surface area contributed by atoms with Gasteiger partial charge in [-0.1, -0.05) is 36.4 Å². The molecule has 6 rings (SSSR count). The van der Waals surface area contributed by atoms with Gasteiger partial charge in [0.15, 0.2) is 5.11 Å². The van der Waals surface area contributed by atoms with Gasteiger partial charge in [-0.3, -0.25) is 4.98 Å². The van der Waals surface area contributed by atoms with E-state index in [1.165, 1.54) is 10.8 Å². The van der Waals surface area contributed by atoms with Crippen molar-refractivity contribution in [3.05, 3.63) is 115 Å². The molecule has 5 aromatic rings. The Morgan fingerprint density at radius 3 is 2.46 bits per heavy atom. The zero-order valence-electron chi connectivity index (χ0n) is 20.5. The summed E-state index contributed by atoms with van der Waals surface area (Å²) in [5.41, 5.74) is 3.93. The summed E-state index contributed by atoms with van der Waals surface area (Å²) in [7, 11) is 3.31. The van der Waals surface area contributed by atoms with Crippen LogP contribution in [0.1, 0.15) is 23.5 Å². The Hall–Kier alpha value is -4.36. The molecule has 1 aliphatic heterocycles. The van der Waals surface area contributed by atoms with Gasteiger partial charge >= 0.3 is 0 Å². The first-order chi connectivity index (χ1) is 18.2. The van der Waals surface area contributed by atoms with Crippen LogP contribution in [-0.4, -0.2) is 28.9 Å². The highest BCUT2D eigenvalue weighted by Gasteiger charge is 2.43. The van der Waals surface area contributed by atoms with Gasteiger partial charge in [0.25, 0.3) is 0 Å². The summed E-state index contributed by atoms with van der Waals surface area (Å²) in [6, 6.07) is 30.5. The van der Waals surface area contributed by atoms with E-state index in [4.69, 9.17) is 21.7 Å². The number of thiocarbonyl (C=S) groups is 1. The predicted molar refractivity (Wildman–Crippen MR) is 151 cm³/mol. The van der Waals surface area contributed by atoms with E-state index in [0.717, 1.165) is 28.5 Å². The van der Waals surface area contributed by atoms with Crippen LogP contribution >= 0.6 is 12.2 Å². The first-order valence-corrected chi connectivity index (χ1v) is 12.5. The Labute approximate surface area is 221 Å². The van der Waals surface area contributed by atoms with Crippen molar-refractivity contribution in [2.45, 2.75) is 12.1 Å². The topological polar surface area (TPSA) is 51.5 Å². The number of ether oxygens (including phenoxy) is 2. The van der Waals surface area contributed by atoms with Gasteiger partial charge in [-0.2, -0.15) is 0 Å². The van der Waals surface area contributed by atoms with E-state index < -0.39 is 0 Å². The van der Waals surface area contributed by atoms with Crippen molar-refractivity contribution in [2.24, 2.45) is 0 Å². The zero-order chi connectivity index (χ0) is 25.4. The Morgan fingerprint density at radius 1 is 0.838 bits per heavy atom. The highest BCUT2D eigenvalue weighted by molar-refractivity contribution is 7.80. The fourth-order valence-corrected chi connectivity index (χ4v) is 5.43. The number of nitrogens with zero attached hydrogens (tertiary/aromatic N) is 3. The molecule has 1 N–H and O–H groups in total. The van der Waals surface area contributed by atoms with E-state index in [9.17, 15) is 0 Å². The first-order valence-electron chi connectivity index (χ1n) is 12.1. The van der Waals surface area contributed by atoms with Crippen molar-refractivity contribution >= 4 is 33.8 Å². The maximum absolute atomic E-state index is 5.93. The number of rotatable bonds is 6. The summed E-state index contributed by atoms with van der Waals surface area (Å²) < 4.78 is 13.5. The fraction of sp³-hybridized carbons (Fsp3) is 0.133. The molecule has 0 saturated carbocycles. The third-order valence-corrected chi connectivity index (χ3v) is 7.15. The Kier molecular flexibility index (Phi) is 5.98. The number of pyridine rings is 1. The van der Waals surface area contributed by atoms with Gasteiger partial charge in [-0.25, -0.2) is 0 Å². The number of methoxy groups -OCH3 is 2. The second kappa shape index (κ2) is 9.59. The van der Waals surface area contributed by atoms with Gasteiger partial charge < -0.3 is 24.3 Å². The molecule has 0 aliphatic carbocycles. The third kappa shape index (κ3) is 4.07. The predicted octanol–water partition coefficient (Wildman–Crippen LogP) is 6.22. The number of nitrogens with one attached hydrogen (secondary N) is 1. The van der Waals surface area contributed by atoms with Crippen molar-refractivity contribution in [2.75, 3.05) is 19.1 Å². The summed E-state index contributed by atoms with van der Waals surface area (Å²) in [4.78, 5) is 6.81. The molecular weight excluding hydrogens is 480 g/mol. The highest BCUT2D eigenvalue weighted by Crippen LogP contribution is 2.45. The second-order valence-corrected chi connectivity index (χ2v) is 9.26. The quantitative estimate of drug-likeness (QED) is 0.276. The van der Waals surface area contributed by atoms with Gasteiger partial charge in [0, 0.05) is 29.8 Å². The number of aromatic nitrogens is 2. The van der Waals surface area contributed by atoms with Crippen LogP contribution in [0.4, 0.5) is 5.69 Å². The smallest absolute Gasteiger partial charge is 0.174 e. The Morgan fingerprint density at radius 2 is 1.68 bits per heavy atom. The van der Waals surface area contributed by atoms with Gasteiger partial charge in [-0.15, -0.1) is 0 Å². The van der Waals surface area contributed by atoms with Crippen LogP contribution in [0.3, 0.4) is 0 Å². The molecule has 0 spiro atoms. The molecule has 37 heavy (non-hydrogen) atoms. The summed E-state index contributed by atoms with van der Waals surface area (Å²) >= 11 is 5.93. The lowest BCUT2D eigenvalue weighted by Crippen LogP contribution is -2.30. The summed E-state index contributed by atoms with van der Waals surface area (Å²) in [6.45, 7) is 0. The maximum atomic E-state index is 5.93. The summed E-state index contributed by atoms with van der Waals surface area (Å²) in [6.07, 6.45) is 3.91. The number of hydrogen-bond acceptors (Lipinski definition) is 4. The van der Waals surface area contributed by atoms with Crippen LogP contribution in [0.15, 0.2) is 103 Å². The van der Waals surface area contributed by atoms with Gasteiger partial charge in [-0.05, 0) is 71.5 Å². The minimum Gasteiger partial charge on any atom is -0.497 e. The summed E-state index contributed by atoms with van der Waals surface area (Å²) in [5.74, 6) is 1.40. The highest BCUT2D eigenvalue weighted by atomic mass is 32.1. The van der Waals surface area contributed by atoms with Crippen LogP contribution in [0, 0.1) is 0 Å². The molecule has 0 bridgehead atoms. The number of hydrogen-bond donors (Lipinski definition) is 1. The molecule has 0 amide bonds. The molecule has 3 aromatic carbocycles. The average Bonchev–Trinajstić information content (AvgIpc) is 3.57. The molecule has 1 aliphatic rings. The minimum absolute atomic E-state index is 0.172. The van der Waals surface area contributed by atoms with E-state index in [1.807, 2.05) is 42.6 Å². The largest absolute Gasteiger partial charge is 0.497 e. The van der Waals surface area contributed by atoms with Crippen LogP contribution in [-0.2, 0) is 0 Å². The standard InChI is InChI=1S/C30H26N4O2S/c1-35-23-14-15-25(27(19-23)36-2)34-29(28(32-30(34)37)24-10-5-6-16-31-24)26-11-7-17-33(26)22-13-12-20-8-3-4-9-21(20)18-22/h3-19,28-29H,1-2H3,(H,32,37)/t28-,29+/m1/s1. The molecule has 6 nitrogen and oxygen atoms in total. The second-order valence-electron chi connectivity index (χ2n) is 8.87. The fourth-order valence-electron chi connectivity index (χ4n) is 5.10. The van der Waals surface area contributed by atoms with Crippen molar-refractivity contribution in [3.63, 3.8) is 0 Å². The lowest BCUT2D eigenvalue weighted by molar-refractivity contribution is 0.394. The van der Waals surface area contributed by atoms with Crippen molar-refractivity contribution in [3.8, 4) is 17.2 Å². The minimum atomic E-state index is -0.189. The van der Waals surface area contributed by atoms with Crippen LogP contribution in [0.5, 0.6) is 11.5 Å². The van der Waals surface area contributed by atoms with Crippen molar-refractivity contribution in [1.82, 2.24) is 14.9 Å². The molecule has 1 fully saturated rings. The Bertz CT molecular complexity index is 1580. The Balaban J connectivity index is 1.52. The van der Waals surface area contributed by atoms with Crippen molar-refractivity contribution in [1.29, 1.82) is 0 Å². The van der Waals surface area contributed by atoms with E-state index in [-0.39, 0.29) is 12.1 Å².